The summed E-state index contributed by atoms with van der Waals surface area (Å²) in [5.74, 6) is 3.11. The highest BCUT2D eigenvalue weighted by atomic mass is 32.2. The van der Waals surface area contributed by atoms with Crippen molar-refractivity contribution < 1.29 is 4.52 Å². The Morgan fingerprint density at radius 1 is 1.46 bits per heavy atom. The van der Waals surface area contributed by atoms with Crippen molar-refractivity contribution in [1.29, 1.82) is 0 Å². The first-order valence-corrected chi connectivity index (χ1v) is 6.11. The molecule has 0 radical (unpaired) electrons. The number of rotatable bonds is 3. The highest BCUT2D eigenvalue weighted by Gasteiger charge is 2.21. The third-order valence-electron chi connectivity index (χ3n) is 2.47. The van der Waals surface area contributed by atoms with E-state index in [1.807, 2.05) is 6.26 Å². The van der Waals surface area contributed by atoms with Gasteiger partial charge in [0.05, 0.1) is 5.75 Å². The number of hydrogen-bond acceptors (Lipinski definition) is 4. The van der Waals surface area contributed by atoms with Crippen LogP contribution in [0.2, 0.25) is 0 Å². The summed E-state index contributed by atoms with van der Waals surface area (Å²) in [5, 5.41) is 4.02. The monoisotopic (exact) mass is 198 g/mol. The Bertz CT molecular complexity index is 268. The van der Waals surface area contributed by atoms with Crippen molar-refractivity contribution in [2.45, 2.75) is 37.4 Å². The molecule has 0 atom stereocenters. The molecule has 0 spiro atoms. The first kappa shape index (κ1) is 9.06. The topological polar surface area (TPSA) is 38.9 Å². The Morgan fingerprint density at radius 2 is 2.23 bits per heavy atom. The van der Waals surface area contributed by atoms with Crippen LogP contribution in [0, 0.1) is 0 Å². The molecular weight excluding hydrogens is 184 g/mol. The molecule has 0 unspecified atom stereocenters. The van der Waals surface area contributed by atoms with Crippen molar-refractivity contribution >= 4 is 11.8 Å². The van der Waals surface area contributed by atoms with Gasteiger partial charge in [0.1, 0.15) is 0 Å². The fourth-order valence-corrected chi connectivity index (χ4v) is 2.16. The van der Waals surface area contributed by atoms with Crippen LogP contribution in [0.15, 0.2) is 4.52 Å². The predicted octanol–water partition coefficient (Wildman–Crippen LogP) is 2.59. The zero-order chi connectivity index (χ0) is 9.10. The minimum atomic E-state index is 0.569. The summed E-state index contributed by atoms with van der Waals surface area (Å²) >= 11 is 1.71. The average Bonchev–Trinajstić information content (AvgIpc) is 2.70. The summed E-state index contributed by atoms with van der Waals surface area (Å²) in [5.41, 5.74) is 0. The predicted molar refractivity (Wildman–Crippen MR) is 52.7 cm³/mol. The lowest BCUT2D eigenvalue weighted by Crippen LogP contribution is -1.94. The van der Waals surface area contributed by atoms with Crippen LogP contribution in [0.25, 0.3) is 0 Å². The molecule has 0 saturated heterocycles. The Morgan fingerprint density at radius 3 is 2.92 bits per heavy atom. The van der Waals surface area contributed by atoms with Crippen LogP contribution in [-0.4, -0.2) is 16.4 Å². The van der Waals surface area contributed by atoms with Gasteiger partial charge in [0.15, 0.2) is 5.82 Å². The maximum atomic E-state index is 5.14. The molecule has 1 aromatic heterocycles. The van der Waals surface area contributed by atoms with E-state index in [2.05, 4.69) is 10.1 Å². The molecule has 2 rings (SSSR count). The van der Waals surface area contributed by atoms with Crippen molar-refractivity contribution in [3.8, 4) is 0 Å². The molecule has 1 heterocycles. The largest absolute Gasteiger partial charge is 0.338 e. The van der Waals surface area contributed by atoms with Crippen LogP contribution in [0.4, 0.5) is 0 Å². The lowest BCUT2D eigenvalue weighted by molar-refractivity contribution is 0.381. The van der Waals surface area contributed by atoms with Gasteiger partial charge in [0.2, 0.25) is 5.89 Å². The number of nitrogens with zero attached hydrogens (tertiary/aromatic N) is 2. The molecule has 0 aromatic carbocycles. The van der Waals surface area contributed by atoms with Gasteiger partial charge in [-0.15, -0.1) is 0 Å². The molecule has 0 amide bonds. The van der Waals surface area contributed by atoms with E-state index in [-0.39, 0.29) is 0 Å². The van der Waals surface area contributed by atoms with Crippen molar-refractivity contribution in [3.63, 3.8) is 0 Å². The van der Waals surface area contributed by atoms with Gasteiger partial charge < -0.3 is 4.52 Å². The van der Waals surface area contributed by atoms with Crippen molar-refractivity contribution in [3.05, 3.63) is 11.7 Å². The van der Waals surface area contributed by atoms with Crippen LogP contribution < -0.4 is 0 Å². The zero-order valence-corrected chi connectivity index (χ0v) is 8.64. The van der Waals surface area contributed by atoms with Gasteiger partial charge in [-0.1, -0.05) is 18.0 Å². The quantitative estimate of drug-likeness (QED) is 0.748. The van der Waals surface area contributed by atoms with E-state index in [0.29, 0.717) is 5.92 Å². The Hall–Kier alpha value is -0.510. The van der Waals surface area contributed by atoms with E-state index in [9.17, 15) is 0 Å². The average molecular weight is 198 g/mol. The summed E-state index contributed by atoms with van der Waals surface area (Å²) in [7, 11) is 0. The van der Waals surface area contributed by atoms with E-state index in [1.165, 1.54) is 25.7 Å². The Kier molecular flexibility index (Phi) is 2.88. The Labute approximate surface area is 82.3 Å². The first-order valence-electron chi connectivity index (χ1n) is 4.71. The molecule has 0 aliphatic heterocycles. The molecule has 1 fully saturated rings. The molecular formula is C9H14N2OS. The lowest BCUT2D eigenvalue weighted by atomic mass is 10.1. The molecule has 0 N–H and O–H groups in total. The van der Waals surface area contributed by atoms with Crippen molar-refractivity contribution in [2.75, 3.05) is 6.26 Å². The van der Waals surface area contributed by atoms with Gasteiger partial charge in [0, 0.05) is 5.92 Å². The van der Waals surface area contributed by atoms with Crippen molar-refractivity contribution in [1.82, 2.24) is 10.1 Å². The SMILES string of the molecule is CSCc1nc(C2CCCC2)no1. The van der Waals surface area contributed by atoms with Gasteiger partial charge in [-0.25, -0.2) is 0 Å². The summed E-state index contributed by atoms with van der Waals surface area (Å²) in [6.45, 7) is 0. The van der Waals surface area contributed by atoms with Crippen molar-refractivity contribution in [2.24, 2.45) is 0 Å². The van der Waals surface area contributed by atoms with Gasteiger partial charge >= 0.3 is 0 Å². The second-order valence-electron chi connectivity index (χ2n) is 3.46. The molecule has 1 aliphatic carbocycles. The molecule has 0 bridgehead atoms. The fourth-order valence-electron chi connectivity index (χ4n) is 1.80. The fraction of sp³-hybridized carbons (Fsp3) is 0.778. The lowest BCUT2D eigenvalue weighted by Gasteiger charge is -1.99. The molecule has 1 aromatic rings. The van der Waals surface area contributed by atoms with E-state index in [1.54, 1.807) is 11.8 Å². The minimum absolute atomic E-state index is 0.569. The summed E-state index contributed by atoms with van der Waals surface area (Å²) in [6.07, 6.45) is 7.14. The number of hydrogen-bond donors (Lipinski definition) is 0. The van der Waals surface area contributed by atoms with Crippen LogP contribution in [0.1, 0.15) is 43.3 Å². The summed E-state index contributed by atoms with van der Waals surface area (Å²) in [4.78, 5) is 4.38. The Balaban J connectivity index is 2.03. The molecule has 3 nitrogen and oxygen atoms in total. The molecule has 13 heavy (non-hydrogen) atoms. The van der Waals surface area contributed by atoms with Gasteiger partial charge in [-0.05, 0) is 19.1 Å². The molecule has 72 valence electrons. The van der Waals surface area contributed by atoms with Crippen LogP contribution in [-0.2, 0) is 5.75 Å². The molecule has 1 saturated carbocycles. The maximum Gasteiger partial charge on any atom is 0.236 e. The summed E-state index contributed by atoms with van der Waals surface area (Å²) in [6, 6.07) is 0. The molecule has 4 heteroatoms. The second-order valence-corrected chi connectivity index (χ2v) is 4.33. The van der Waals surface area contributed by atoms with Crippen LogP contribution in [0.5, 0.6) is 0 Å². The molecule has 1 aliphatic rings. The van der Waals surface area contributed by atoms with E-state index < -0.39 is 0 Å². The van der Waals surface area contributed by atoms with Gasteiger partial charge in [-0.2, -0.15) is 16.7 Å². The van der Waals surface area contributed by atoms with Gasteiger partial charge in [-0.3, -0.25) is 0 Å². The highest BCUT2D eigenvalue weighted by Crippen LogP contribution is 2.32. The zero-order valence-electron chi connectivity index (χ0n) is 7.82. The smallest absolute Gasteiger partial charge is 0.236 e. The van der Waals surface area contributed by atoms with E-state index in [0.717, 1.165) is 17.5 Å². The third kappa shape index (κ3) is 2.05. The maximum absolute atomic E-state index is 5.14. The van der Waals surface area contributed by atoms with E-state index >= 15 is 0 Å². The summed E-state index contributed by atoms with van der Waals surface area (Å²) < 4.78 is 5.14. The van der Waals surface area contributed by atoms with Gasteiger partial charge in [0.25, 0.3) is 0 Å². The van der Waals surface area contributed by atoms with Crippen LogP contribution >= 0.6 is 11.8 Å². The second kappa shape index (κ2) is 4.13. The highest BCUT2D eigenvalue weighted by molar-refractivity contribution is 7.97. The third-order valence-corrected chi connectivity index (χ3v) is 3.01. The van der Waals surface area contributed by atoms with E-state index in [4.69, 9.17) is 4.52 Å². The normalized spacial score (nSPS) is 18.2. The minimum Gasteiger partial charge on any atom is -0.338 e. The first-order chi connectivity index (χ1) is 6.40. The standard InChI is InChI=1S/C9H14N2OS/c1-13-6-8-10-9(11-12-8)7-4-2-3-5-7/h7H,2-6H2,1H3. The number of aromatic nitrogens is 2. The van der Waals surface area contributed by atoms with Crippen LogP contribution in [0.3, 0.4) is 0 Å². The number of thioether (sulfide) groups is 1.